The summed E-state index contributed by atoms with van der Waals surface area (Å²) in [5.74, 6) is 0.816. The van der Waals surface area contributed by atoms with Gasteiger partial charge in [0.1, 0.15) is 5.25 Å². The van der Waals surface area contributed by atoms with Gasteiger partial charge in [-0.1, -0.05) is 26.1 Å². The first-order chi connectivity index (χ1) is 7.67. The van der Waals surface area contributed by atoms with E-state index >= 15 is 0 Å². The molecular formula is C10H20N2O2S3. The Morgan fingerprint density at radius 2 is 2.06 bits per heavy atom. The lowest BCUT2D eigenvalue weighted by atomic mass is 10.1. The number of rotatable bonds is 3. The Morgan fingerprint density at radius 1 is 1.47 bits per heavy atom. The fraction of sp³-hybridized carbons (Fsp3) is 0.900. The smallest absolute Gasteiger partial charge is 0.223 e. The summed E-state index contributed by atoms with van der Waals surface area (Å²) in [5, 5.41) is -0.774. The summed E-state index contributed by atoms with van der Waals surface area (Å²) >= 11 is 6.59. The fourth-order valence-corrected chi connectivity index (χ4v) is 4.64. The van der Waals surface area contributed by atoms with Crippen LogP contribution in [0.2, 0.25) is 0 Å². The third-order valence-electron chi connectivity index (χ3n) is 3.00. The van der Waals surface area contributed by atoms with Crippen LogP contribution in [0.15, 0.2) is 0 Å². The van der Waals surface area contributed by atoms with E-state index in [0.29, 0.717) is 13.1 Å². The quantitative estimate of drug-likeness (QED) is 0.793. The van der Waals surface area contributed by atoms with Gasteiger partial charge in [-0.25, -0.2) is 12.7 Å². The molecule has 1 aliphatic heterocycles. The minimum absolute atomic E-state index is 0.0427. The molecule has 1 heterocycles. The molecule has 0 radical (unpaired) electrons. The monoisotopic (exact) mass is 296 g/mol. The van der Waals surface area contributed by atoms with Gasteiger partial charge >= 0.3 is 0 Å². The molecule has 7 heteroatoms. The number of nitrogens with two attached hydrogens (primary N) is 1. The van der Waals surface area contributed by atoms with Crippen LogP contribution < -0.4 is 5.73 Å². The van der Waals surface area contributed by atoms with E-state index in [1.54, 1.807) is 6.92 Å². The van der Waals surface area contributed by atoms with Crippen molar-refractivity contribution in [3.05, 3.63) is 0 Å². The third kappa shape index (κ3) is 3.81. The Balaban J connectivity index is 2.83. The normalized spacial score (nSPS) is 23.9. The van der Waals surface area contributed by atoms with Gasteiger partial charge in [0.25, 0.3) is 0 Å². The lowest BCUT2D eigenvalue weighted by Crippen LogP contribution is -2.44. The number of thiocarbonyl (C=S) groups is 1. The molecule has 1 fully saturated rings. The maximum atomic E-state index is 12.2. The topological polar surface area (TPSA) is 63.4 Å². The highest BCUT2D eigenvalue weighted by molar-refractivity contribution is 8.00. The summed E-state index contributed by atoms with van der Waals surface area (Å²) in [7, 11) is -3.38. The van der Waals surface area contributed by atoms with Crippen molar-refractivity contribution in [3.63, 3.8) is 0 Å². The predicted octanol–water partition coefficient (Wildman–Crippen LogP) is 1.21. The molecule has 0 saturated carbocycles. The molecule has 2 N–H and O–H groups in total. The Kier molecular flexibility index (Phi) is 4.85. The molecule has 1 saturated heterocycles. The average Bonchev–Trinajstić information content (AvgIpc) is 2.38. The zero-order chi connectivity index (χ0) is 13.3. The highest BCUT2D eigenvalue weighted by Gasteiger charge is 2.34. The van der Waals surface area contributed by atoms with Gasteiger partial charge in [0.2, 0.25) is 10.0 Å². The molecule has 0 bridgehead atoms. The number of hydrogen-bond donors (Lipinski definition) is 1. The molecule has 4 nitrogen and oxygen atoms in total. The number of thioether (sulfide) groups is 1. The second kappa shape index (κ2) is 5.42. The van der Waals surface area contributed by atoms with Gasteiger partial charge in [0.15, 0.2) is 0 Å². The molecule has 17 heavy (non-hydrogen) atoms. The molecule has 0 aliphatic carbocycles. The van der Waals surface area contributed by atoms with Gasteiger partial charge in [-0.15, -0.1) is 0 Å². The summed E-state index contributed by atoms with van der Waals surface area (Å²) in [6.07, 6.45) is 0.848. The molecule has 100 valence electrons. The van der Waals surface area contributed by atoms with E-state index in [0.717, 1.165) is 12.2 Å². The molecular weight excluding hydrogens is 276 g/mol. The Labute approximate surface area is 113 Å². The van der Waals surface area contributed by atoms with Crippen LogP contribution in [0.3, 0.4) is 0 Å². The standard InChI is InChI=1S/C10H20N2O2S3/c1-8(9(11)15)17(13,14)12-5-4-10(2,3)16-7-6-12/h8H,4-7H2,1-3H3,(H2,11,15). The summed E-state index contributed by atoms with van der Waals surface area (Å²) in [6.45, 7) is 6.94. The van der Waals surface area contributed by atoms with Crippen molar-refractivity contribution in [2.75, 3.05) is 18.8 Å². The van der Waals surface area contributed by atoms with Crippen molar-refractivity contribution in [2.45, 2.75) is 37.2 Å². The minimum Gasteiger partial charge on any atom is -0.392 e. The molecule has 0 amide bonds. The summed E-state index contributed by atoms with van der Waals surface area (Å²) in [4.78, 5) is 0.0427. The van der Waals surface area contributed by atoms with Crippen LogP contribution in [0.5, 0.6) is 0 Å². The number of hydrogen-bond acceptors (Lipinski definition) is 4. The molecule has 0 aromatic heterocycles. The minimum atomic E-state index is -3.38. The van der Waals surface area contributed by atoms with E-state index in [1.165, 1.54) is 4.31 Å². The van der Waals surface area contributed by atoms with Crippen molar-refractivity contribution in [2.24, 2.45) is 5.73 Å². The largest absolute Gasteiger partial charge is 0.392 e. The molecule has 1 atom stereocenters. The zero-order valence-corrected chi connectivity index (χ0v) is 12.9. The van der Waals surface area contributed by atoms with Gasteiger partial charge in [-0.2, -0.15) is 11.8 Å². The van der Waals surface area contributed by atoms with Crippen molar-refractivity contribution in [1.82, 2.24) is 4.31 Å². The average molecular weight is 296 g/mol. The van der Waals surface area contributed by atoms with Crippen LogP contribution in [0, 0.1) is 0 Å². The van der Waals surface area contributed by atoms with Crippen molar-refractivity contribution in [3.8, 4) is 0 Å². The Bertz CT molecular complexity index is 392. The number of sulfonamides is 1. The van der Waals surface area contributed by atoms with Crippen molar-refractivity contribution < 1.29 is 8.42 Å². The fourth-order valence-electron chi connectivity index (χ4n) is 1.63. The molecule has 1 rings (SSSR count). The van der Waals surface area contributed by atoms with Gasteiger partial charge in [0.05, 0.1) is 4.99 Å². The van der Waals surface area contributed by atoms with Crippen LogP contribution in [0.25, 0.3) is 0 Å². The SMILES string of the molecule is CC(C(N)=S)S(=O)(=O)N1CCSC(C)(C)CC1. The Hall–Kier alpha value is 0.150. The second-order valence-electron chi connectivity index (χ2n) is 4.85. The zero-order valence-electron chi connectivity index (χ0n) is 10.5. The van der Waals surface area contributed by atoms with Gasteiger partial charge in [0, 0.05) is 23.6 Å². The van der Waals surface area contributed by atoms with Crippen molar-refractivity contribution >= 4 is 39.0 Å². The highest BCUT2D eigenvalue weighted by Crippen LogP contribution is 2.31. The van der Waals surface area contributed by atoms with Gasteiger partial charge in [-0.3, -0.25) is 0 Å². The Morgan fingerprint density at radius 3 is 2.59 bits per heavy atom. The summed E-state index contributed by atoms with van der Waals surface area (Å²) in [5.41, 5.74) is 5.44. The van der Waals surface area contributed by atoms with Crippen LogP contribution in [-0.2, 0) is 10.0 Å². The highest BCUT2D eigenvalue weighted by atomic mass is 32.2. The van der Waals surface area contributed by atoms with E-state index < -0.39 is 15.3 Å². The summed E-state index contributed by atoms with van der Waals surface area (Å²) in [6, 6.07) is 0. The lowest BCUT2D eigenvalue weighted by molar-refractivity contribution is 0.413. The predicted molar refractivity (Wildman–Crippen MR) is 77.9 cm³/mol. The van der Waals surface area contributed by atoms with Crippen LogP contribution in [-0.4, -0.2) is 46.6 Å². The lowest BCUT2D eigenvalue weighted by Gasteiger charge is -2.24. The molecule has 1 unspecified atom stereocenters. The first-order valence-electron chi connectivity index (χ1n) is 5.59. The van der Waals surface area contributed by atoms with Gasteiger partial charge < -0.3 is 5.73 Å². The summed E-state index contributed by atoms with van der Waals surface area (Å²) < 4.78 is 26.1. The van der Waals surface area contributed by atoms with Gasteiger partial charge in [-0.05, 0) is 13.3 Å². The molecule has 0 aromatic carbocycles. The molecule has 0 spiro atoms. The maximum absolute atomic E-state index is 12.2. The van der Waals surface area contributed by atoms with Crippen LogP contribution in [0.1, 0.15) is 27.2 Å². The first kappa shape index (κ1) is 15.2. The number of nitrogens with zero attached hydrogens (tertiary/aromatic N) is 1. The van der Waals surface area contributed by atoms with E-state index in [4.69, 9.17) is 18.0 Å². The van der Waals surface area contributed by atoms with E-state index in [9.17, 15) is 8.42 Å². The van der Waals surface area contributed by atoms with E-state index in [1.807, 2.05) is 11.8 Å². The van der Waals surface area contributed by atoms with E-state index in [-0.39, 0.29) is 9.74 Å². The van der Waals surface area contributed by atoms with Crippen LogP contribution >= 0.6 is 24.0 Å². The molecule has 0 aromatic rings. The first-order valence-corrected chi connectivity index (χ1v) is 8.49. The van der Waals surface area contributed by atoms with E-state index in [2.05, 4.69) is 13.8 Å². The second-order valence-corrected chi connectivity index (χ2v) is 9.37. The third-order valence-corrected chi connectivity index (χ3v) is 7.11. The maximum Gasteiger partial charge on any atom is 0.223 e. The molecule has 1 aliphatic rings. The van der Waals surface area contributed by atoms with Crippen LogP contribution in [0.4, 0.5) is 0 Å². The van der Waals surface area contributed by atoms with Crippen molar-refractivity contribution in [1.29, 1.82) is 0 Å².